The first-order valence-corrected chi connectivity index (χ1v) is 8.15. The normalized spacial score (nSPS) is 12.0. The van der Waals surface area contributed by atoms with Gasteiger partial charge in [0.25, 0.3) is 5.91 Å². The van der Waals surface area contributed by atoms with Gasteiger partial charge >= 0.3 is 0 Å². The molecular formula is C17H20N2O2S. The van der Waals surface area contributed by atoms with E-state index in [1.54, 1.807) is 24.5 Å². The lowest BCUT2D eigenvalue weighted by molar-refractivity contribution is 0.0676. The molecule has 4 nitrogen and oxygen atoms in total. The standard InChI is InChI=1S/C17H20N2O2S/c1-4-12(2)19(11-14-6-5-9-18-10-14)17(21)16-8-7-15(22-16)13(3)20/h5-10,12H,4,11H2,1-3H3/t12-/m1/s1. The number of amides is 1. The first-order chi connectivity index (χ1) is 10.5. The second-order valence-corrected chi connectivity index (χ2v) is 6.36. The minimum Gasteiger partial charge on any atom is -0.331 e. The van der Waals surface area contributed by atoms with E-state index < -0.39 is 0 Å². The quantitative estimate of drug-likeness (QED) is 0.762. The van der Waals surface area contributed by atoms with Crippen LogP contribution in [0.3, 0.4) is 0 Å². The van der Waals surface area contributed by atoms with Crippen molar-refractivity contribution < 1.29 is 9.59 Å². The van der Waals surface area contributed by atoms with Crippen LogP contribution in [0.1, 0.15) is 52.1 Å². The molecular weight excluding hydrogens is 296 g/mol. The average molecular weight is 316 g/mol. The molecule has 1 amide bonds. The van der Waals surface area contributed by atoms with Gasteiger partial charge in [-0.2, -0.15) is 0 Å². The highest BCUT2D eigenvalue weighted by Gasteiger charge is 2.22. The van der Waals surface area contributed by atoms with Gasteiger partial charge in [-0.3, -0.25) is 14.6 Å². The number of aromatic nitrogens is 1. The smallest absolute Gasteiger partial charge is 0.264 e. The number of hydrogen-bond donors (Lipinski definition) is 0. The number of carbonyl (C=O) groups is 2. The van der Waals surface area contributed by atoms with Gasteiger partial charge in [0.15, 0.2) is 5.78 Å². The Morgan fingerprint density at radius 1 is 1.27 bits per heavy atom. The Bertz CT molecular complexity index is 652. The third-order valence-corrected chi connectivity index (χ3v) is 4.80. The topological polar surface area (TPSA) is 50.3 Å². The van der Waals surface area contributed by atoms with Crippen molar-refractivity contribution >= 4 is 23.0 Å². The van der Waals surface area contributed by atoms with Crippen molar-refractivity contribution in [2.24, 2.45) is 0 Å². The molecule has 0 bridgehead atoms. The van der Waals surface area contributed by atoms with Crippen molar-refractivity contribution in [1.29, 1.82) is 0 Å². The lowest BCUT2D eigenvalue weighted by atomic mass is 10.1. The van der Waals surface area contributed by atoms with E-state index in [4.69, 9.17) is 0 Å². The summed E-state index contributed by atoms with van der Waals surface area (Å²) >= 11 is 1.26. The zero-order chi connectivity index (χ0) is 16.1. The van der Waals surface area contributed by atoms with Crippen molar-refractivity contribution in [3.05, 3.63) is 52.0 Å². The lowest BCUT2D eigenvalue weighted by Gasteiger charge is -2.28. The number of ketones is 1. The predicted molar refractivity (Wildman–Crippen MR) is 88.2 cm³/mol. The van der Waals surface area contributed by atoms with Crippen LogP contribution < -0.4 is 0 Å². The minimum absolute atomic E-state index is 0.00796. The molecule has 0 aliphatic rings. The zero-order valence-corrected chi connectivity index (χ0v) is 13.9. The maximum absolute atomic E-state index is 12.8. The molecule has 0 aliphatic heterocycles. The lowest BCUT2D eigenvalue weighted by Crippen LogP contribution is -2.37. The van der Waals surface area contributed by atoms with Gasteiger partial charge < -0.3 is 4.90 Å². The van der Waals surface area contributed by atoms with E-state index in [1.165, 1.54) is 18.3 Å². The Hall–Kier alpha value is -2.01. The van der Waals surface area contributed by atoms with E-state index in [-0.39, 0.29) is 17.7 Å². The molecule has 0 N–H and O–H groups in total. The summed E-state index contributed by atoms with van der Waals surface area (Å²) < 4.78 is 0. The molecule has 2 aromatic heterocycles. The summed E-state index contributed by atoms with van der Waals surface area (Å²) in [6.07, 6.45) is 4.37. The van der Waals surface area contributed by atoms with Gasteiger partial charge in [-0.15, -0.1) is 11.3 Å². The van der Waals surface area contributed by atoms with Crippen LogP contribution in [0.15, 0.2) is 36.7 Å². The van der Waals surface area contributed by atoms with Gasteiger partial charge in [0.05, 0.1) is 9.75 Å². The molecule has 22 heavy (non-hydrogen) atoms. The van der Waals surface area contributed by atoms with E-state index in [1.807, 2.05) is 24.0 Å². The second kappa shape index (κ2) is 7.31. The van der Waals surface area contributed by atoms with Crippen LogP contribution in [-0.4, -0.2) is 27.6 Å². The maximum atomic E-state index is 12.8. The van der Waals surface area contributed by atoms with Gasteiger partial charge in [0.2, 0.25) is 0 Å². The fourth-order valence-electron chi connectivity index (χ4n) is 2.12. The number of hydrogen-bond acceptors (Lipinski definition) is 4. The van der Waals surface area contributed by atoms with E-state index in [0.29, 0.717) is 16.3 Å². The number of thiophene rings is 1. The molecule has 2 heterocycles. The minimum atomic E-state index is -0.0318. The molecule has 0 saturated heterocycles. The molecule has 0 radical (unpaired) electrons. The largest absolute Gasteiger partial charge is 0.331 e. The van der Waals surface area contributed by atoms with Crippen LogP contribution in [0.5, 0.6) is 0 Å². The Morgan fingerprint density at radius 3 is 2.55 bits per heavy atom. The van der Waals surface area contributed by atoms with Crippen molar-refractivity contribution in [2.75, 3.05) is 0 Å². The summed E-state index contributed by atoms with van der Waals surface area (Å²) in [4.78, 5) is 31.4. The first-order valence-electron chi connectivity index (χ1n) is 7.33. The highest BCUT2D eigenvalue weighted by Crippen LogP contribution is 2.22. The number of pyridine rings is 1. The van der Waals surface area contributed by atoms with E-state index >= 15 is 0 Å². The monoisotopic (exact) mass is 316 g/mol. The Balaban J connectivity index is 2.24. The summed E-state index contributed by atoms with van der Waals surface area (Å²) in [6.45, 7) is 6.13. The Morgan fingerprint density at radius 2 is 2.00 bits per heavy atom. The summed E-state index contributed by atoms with van der Waals surface area (Å²) in [6, 6.07) is 7.41. The van der Waals surface area contributed by atoms with Crippen molar-refractivity contribution in [3.8, 4) is 0 Å². The summed E-state index contributed by atoms with van der Waals surface area (Å²) in [5.74, 6) is -0.0397. The van der Waals surface area contributed by atoms with Gasteiger partial charge in [-0.05, 0) is 44.0 Å². The third-order valence-electron chi connectivity index (χ3n) is 3.62. The molecule has 0 saturated carbocycles. The SMILES string of the molecule is CC[C@@H](C)N(Cc1cccnc1)C(=O)c1ccc(C(C)=O)s1. The van der Waals surface area contributed by atoms with Crippen LogP contribution in [0.4, 0.5) is 0 Å². The first kappa shape index (κ1) is 16.4. The zero-order valence-electron chi connectivity index (χ0n) is 13.1. The number of carbonyl (C=O) groups excluding carboxylic acids is 2. The highest BCUT2D eigenvalue weighted by atomic mass is 32.1. The van der Waals surface area contributed by atoms with Crippen molar-refractivity contribution in [1.82, 2.24) is 9.88 Å². The fourth-order valence-corrected chi connectivity index (χ4v) is 2.98. The van der Waals surface area contributed by atoms with Crippen LogP contribution in [0.25, 0.3) is 0 Å². The molecule has 2 rings (SSSR count). The molecule has 0 spiro atoms. The van der Waals surface area contributed by atoms with Crippen LogP contribution in [0.2, 0.25) is 0 Å². The highest BCUT2D eigenvalue weighted by molar-refractivity contribution is 7.15. The molecule has 116 valence electrons. The van der Waals surface area contributed by atoms with Gasteiger partial charge in [-0.25, -0.2) is 0 Å². The molecule has 5 heteroatoms. The van der Waals surface area contributed by atoms with E-state index in [0.717, 1.165) is 12.0 Å². The van der Waals surface area contributed by atoms with E-state index in [9.17, 15) is 9.59 Å². The summed E-state index contributed by atoms with van der Waals surface area (Å²) in [7, 11) is 0. The fraction of sp³-hybridized carbons (Fsp3) is 0.353. The molecule has 0 fully saturated rings. The summed E-state index contributed by atoms with van der Waals surface area (Å²) in [5.41, 5.74) is 1.000. The number of rotatable bonds is 6. The second-order valence-electron chi connectivity index (χ2n) is 5.27. The summed E-state index contributed by atoms with van der Waals surface area (Å²) in [5, 5.41) is 0. The van der Waals surface area contributed by atoms with Gasteiger partial charge in [0.1, 0.15) is 0 Å². The Labute approximate surface area is 134 Å². The van der Waals surface area contributed by atoms with Crippen molar-refractivity contribution in [3.63, 3.8) is 0 Å². The molecule has 0 aliphatic carbocycles. The maximum Gasteiger partial charge on any atom is 0.264 e. The molecule has 0 unspecified atom stereocenters. The van der Waals surface area contributed by atoms with E-state index in [2.05, 4.69) is 11.9 Å². The van der Waals surface area contributed by atoms with Crippen LogP contribution >= 0.6 is 11.3 Å². The Kier molecular flexibility index (Phi) is 5.44. The molecule has 0 aromatic carbocycles. The molecule has 2 aromatic rings. The number of Topliss-reactive ketones (excluding diaryl/α,β-unsaturated/α-hetero) is 1. The predicted octanol–water partition coefficient (Wildman–Crippen LogP) is 3.79. The number of nitrogens with zero attached hydrogens (tertiary/aromatic N) is 2. The third kappa shape index (κ3) is 3.80. The molecule has 1 atom stereocenters. The van der Waals surface area contributed by atoms with Gasteiger partial charge in [-0.1, -0.05) is 13.0 Å². The van der Waals surface area contributed by atoms with Crippen molar-refractivity contribution in [2.45, 2.75) is 39.8 Å². The van der Waals surface area contributed by atoms with Crippen LogP contribution in [0, 0.1) is 0 Å². The average Bonchev–Trinajstić information content (AvgIpc) is 3.02. The van der Waals surface area contributed by atoms with Gasteiger partial charge in [0, 0.05) is 25.0 Å². The van der Waals surface area contributed by atoms with Crippen LogP contribution in [-0.2, 0) is 6.54 Å².